The van der Waals surface area contributed by atoms with Crippen LogP contribution in [0.15, 0.2) is 11.6 Å². The smallest absolute Gasteiger partial charge is 0.0336 e. The van der Waals surface area contributed by atoms with Crippen LogP contribution in [0.3, 0.4) is 0 Å². The Morgan fingerprint density at radius 1 is 1.16 bits per heavy atom. The van der Waals surface area contributed by atoms with Crippen LogP contribution >= 0.6 is 0 Å². The summed E-state index contributed by atoms with van der Waals surface area (Å²) in [7, 11) is 0. The van der Waals surface area contributed by atoms with Crippen LogP contribution in [0.5, 0.6) is 0 Å². The number of hydrogen-bond donors (Lipinski definition) is 1. The minimum absolute atomic E-state index is 0.654. The summed E-state index contributed by atoms with van der Waals surface area (Å²) in [5.41, 5.74) is 2.44. The predicted octanol–water partition coefficient (Wildman–Crippen LogP) is 4.29. The fourth-order valence-electron chi connectivity index (χ4n) is 6.43. The minimum Gasteiger partial charge on any atom is -0.310 e. The Kier molecular flexibility index (Phi) is 3.02. The molecule has 5 aliphatic rings. The van der Waals surface area contributed by atoms with Gasteiger partial charge in [-0.3, -0.25) is 0 Å². The molecule has 106 valence electrons. The van der Waals surface area contributed by atoms with Crippen LogP contribution in [-0.2, 0) is 0 Å². The van der Waals surface area contributed by atoms with Crippen LogP contribution < -0.4 is 5.32 Å². The van der Waals surface area contributed by atoms with Crippen molar-refractivity contribution in [3.05, 3.63) is 11.6 Å². The Morgan fingerprint density at radius 2 is 1.79 bits per heavy atom. The molecule has 5 aliphatic carbocycles. The SMILES string of the molecule is CCNC(C1=CCCC1)C12CC3CC(CC(C3)C1)C2. The van der Waals surface area contributed by atoms with Gasteiger partial charge >= 0.3 is 0 Å². The predicted molar refractivity (Wildman–Crippen MR) is 80.0 cm³/mol. The molecule has 5 rings (SSSR count). The lowest BCUT2D eigenvalue weighted by Gasteiger charge is -2.60. The number of rotatable bonds is 4. The Morgan fingerprint density at radius 3 is 2.26 bits per heavy atom. The highest BCUT2D eigenvalue weighted by molar-refractivity contribution is 5.22. The fourth-order valence-corrected chi connectivity index (χ4v) is 6.43. The van der Waals surface area contributed by atoms with Gasteiger partial charge < -0.3 is 5.32 Å². The highest BCUT2D eigenvalue weighted by Gasteiger charge is 2.54. The van der Waals surface area contributed by atoms with Crippen molar-refractivity contribution in [3.63, 3.8) is 0 Å². The second-order valence-electron chi connectivity index (χ2n) is 7.94. The van der Waals surface area contributed by atoms with Crippen molar-refractivity contribution in [2.75, 3.05) is 6.54 Å². The van der Waals surface area contributed by atoms with E-state index in [1.807, 2.05) is 0 Å². The third kappa shape index (κ3) is 2.00. The molecule has 0 aliphatic heterocycles. The van der Waals surface area contributed by atoms with E-state index in [0.29, 0.717) is 5.41 Å². The second kappa shape index (κ2) is 4.62. The molecule has 0 saturated heterocycles. The summed E-state index contributed by atoms with van der Waals surface area (Å²) in [6.07, 6.45) is 16.0. The number of nitrogens with one attached hydrogen (secondary N) is 1. The summed E-state index contributed by atoms with van der Waals surface area (Å²) in [4.78, 5) is 0. The quantitative estimate of drug-likeness (QED) is 0.743. The van der Waals surface area contributed by atoms with Gasteiger partial charge in [-0.1, -0.05) is 18.6 Å². The van der Waals surface area contributed by atoms with E-state index in [1.165, 1.54) is 38.5 Å². The molecule has 0 aromatic heterocycles. The molecular weight excluding hydrogens is 230 g/mol. The third-order valence-electron chi connectivity index (χ3n) is 6.55. The van der Waals surface area contributed by atoms with Crippen LogP contribution in [0.2, 0.25) is 0 Å². The summed E-state index contributed by atoms with van der Waals surface area (Å²) in [6.45, 7) is 3.44. The lowest BCUT2D eigenvalue weighted by molar-refractivity contribution is -0.0670. The molecule has 0 radical (unpaired) electrons. The van der Waals surface area contributed by atoms with Crippen LogP contribution in [0.25, 0.3) is 0 Å². The summed E-state index contributed by atoms with van der Waals surface area (Å²) >= 11 is 0. The van der Waals surface area contributed by atoms with E-state index >= 15 is 0 Å². The maximum atomic E-state index is 3.91. The first-order chi connectivity index (χ1) is 9.29. The summed E-state index contributed by atoms with van der Waals surface area (Å²) in [6, 6.07) is 0.730. The van der Waals surface area contributed by atoms with Gasteiger partial charge in [0.05, 0.1) is 0 Å². The molecule has 4 saturated carbocycles. The van der Waals surface area contributed by atoms with Crippen molar-refractivity contribution in [2.24, 2.45) is 23.2 Å². The van der Waals surface area contributed by atoms with E-state index in [-0.39, 0.29) is 0 Å². The maximum Gasteiger partial charge on any atom is 0.0336 e. The minimum atomic E-state index is 0.654. The molecule has 0 aromatic carbocycles. The molecule has 0 spiro atoms. The van der Waals surface area contributed by atoms with E-state index in [2.05, 4.69) is 18.3 Å². The Balaban J connectivity index is 1.64. The molecule has 19 heavy (non-hydrogen) atoms. The molecule has 0 amide bonds. The summed E-state index contributed by atoms with van der Waals surface area (Å²) in [5, 5.41) is 3.91. The Hall–Kier alpha value is -0.300. The molecule has 0 heterocycles. The molecular formula is C18H29N. The van der Waals surface area contributed by atoms with Crippen molar-refractivity contribution in [1.82, 2.24) is 5.32 Å². The zero-order valence-electron chi connectivity index (χ0n) is 12.5. The van der Waals surface area contributed by atoms with Gasteiger partial charge in [0.15, 0.2) is 0 Å². The van der Waals surface area contributed by atoms with Crippen molar-refractivity contribution in [2.45, 2.75) is 70.8 Å². The van der Waals surface area contributed by atoms with Crippen molar-refractivity contribution in [3.8, 4) is 0 Å². The second-order valence-corrected chi connectivity index (χ2v) is 7.94. The first kappa shape index (κ1) is 12.4. The highest BCUT2D eigenvalue weighted by atomic mass is 14.9. The monoisotopic (exact) mass is 259 g/mol. The van der Waals surface area contributed by atoms with E-state index in [9.17, 15) is 0 Å². The molecule has 0 aromatic rings. The number of likely N-dealkylation sites (N-methyl/N-ethyl adjacent to an activating group) is 1. The van der Waals surface area contributed by atoms with Crippen molar-refractivity contribution >= 4 is 0 Å². The van der Waals surface area contributed by atoms with Gasteiger partial charge in [0.2, 0.25) is 0 Å². The average molecular weight is 259 g/mol. The zero-order valence-corrected chi connectivity index (χ0v) is 12.5. The third-order valence-corrected chi connectivity index (χ3v) is 6.55. The zero-order chi connectivity index (χ0) is 12.9. The topological polar surface area (TPSA) is 12.0 Å². The average Bonchev–Trinajstić information content (AvgIpc) is 2.87. The van der Waals surface area contributed by atoms with E-state index in [0.717, 1.165) is 30.3 Å². The van der Waals surface area contributed by atoms with Gasteiger partial charge in [0.1, 0.15) is 0 Å². The summed E-state index contributed by atoms with van der Waals surface area (Å²) < 4.78 is 0. The van der Waals surface area contributed by atoms with Gasteiger partial charge in [-0.2, -0.15) is 0 Å². The normalized spacial score (nSPS) is 45.5. The highest BCUT2D eigenvalue weighted by Crippen LogP contribution is 2.62. The molecule has 1 atom stereocenters. The first-order valence-corrected chi connectivity index (χ1v) is 8.71. The fraction of sp³-hybridized carbons (Fsp3) is 0.889. The molecule has 1 heteroatoms. The maximum absolute atomic E-state index is 3.91. The molecule has 1 unspecified atom stereocenters. The van der Waals surface area contributed by atoms with Gasteiger partial charge in [0.25, 0.3) is 0 Å². The van der Waals surface area contributed by atoms with E-state index in [4.69, 9.17) is 0 Å². The van der Waals surface area contributed by atoms with Crippen molar-refractivity contribution < 1.29 is 0 Å². The number of hydrogen-bond acceptors (Lipinski definition) is 1. The van der Waals surface area contributed by atoms with Gasteiger partial charge in [-0.25, -0.2) is 0 Å². The summed E-state index contributed by atoms with van der Waals surface area (Å²) in [5.74, 6) is 3.23. The molecule has 1 nitrogen and oxygen atoms in total. The van der Waals surface area contributed by atoms with Crippen LogP contribution in [-0.4, -0.2) is 12.6 Å². The lowest BCUT2D eigenvalue weighted by Crippen LogP contribution is -2.56. The lowest BCUT2D eigenvalue weighted by atomic mass is 9.47. The largest absolute Gasteiger partial charge is 0.310 e. The molecule has 4 fully saturated rings. The standard InChI is InChI=1S/C18H29N/c1-2-19-17(16-5-3-4-6-16)18-10-13-7-14(11-18)9-15(8-13)12-18/h5,13-15,17,19H,2-4,6-12H2,1H3. The molecule has 4 bridgehead atoms. The number of allylic oxidation sites excluding steroid dienone is 1. The van der Waals surface area contributed by atoms with Gasteiger partial charge in [-0.05, 0) is 87.5 Å². The first-order valence-electron chi connectivity index (χ1n) is 8.71. The van der Waals surface area contributed by atoms with Crippen LogP contribution in [0.4, 0.5) is 0 Å². The Labute approximate surface area is 118 Å². The van der Waals surface area contributed by atoms with E-state index < -0.39 is 0 Å². The van der Waals surface area contributed by atoms with Crippen LogP contribution in [0, 0.1) is 23.2 Å². The van der Waals surface area contributed by atoms with Crippen LogP contribution in [0.1, 0.15) is 64.7 Å². The Bertz CT molecular complexity index is 346. The van der Waals surface area contributed by atoms with Gasteiger partial charge in [-0.15, -0.1) is 0 Å². The molecule has 1 N–H and O–H groups in total. The van der Waals surface area contributed by atoms with Crippen molar-refractivity contribution in [1.29, 1.82) is 0 Å². The van der Waals surface area contributed by atoms with E-state index in [1.54, 1.807) is 24.8 Å². The van der Waals surface area contributed by atoms with Gasteiger partial charge in [0, 0.05) is 6.04 Å².